The zero-order valence-electron chi connectivity index (χ0n) is 9.62. The SMILES string of the molecule is CC1CCN(c2ccc(CO)c(Cl)c2)CC1. The van der Waals surface area contributed by atoms with Gasteiger partial charge in [-0.1, -0.05) is 24.6 Å². The van der Waals surface area contributed by atoms with Crippen LogP contribution in [0.15, 0.2) is 18.2 Å². The molecule has 1 N–H and O–H groups in total. The largest absolute Gasteiger partial charge is 0.392 e. The molecule has 0 aromatic heterocycles. The van der Waals surface area contributed by atoms with E-state index in [0.29, 0.717) is 5.02 Å². The molecule has 0 spiro atoms. The number of anilines is 1. The molecular formula is C13H18ClNO. The first-order chi connectivity index (χ1) is 7.70. The van der Waals surface area contributed by atoms with E-state index in [0.717, 1.165) is 24.6 Å². The number of aliphatic hydroxyl groups is 1. The van der Waals surface area contributed by atoms with Crippen LogP contribution in [0.4, 0.5) is 5.69 Å². The van der Waals surface area contributed by atoms with Crippen LogP contribution in [0.1, 0.15) is 25.3 Å². The summed E-state index contributed by atoms with van der Waals surface area (Å²) < 4.78 is 0. The van der Waals surface area contributed by atoms with Gasteiger partial charge >= 0.3 is 0 Å². The summed E-state index contributed by atoms with van der Waals surface area (Å²) in [7, 11) is 0. The van der Waals surface area contributed by atoms with Crippen LogP contribution in [-0.4, -0.2) is 18.2 Å². The molecule has 1 aromatic carbocycles. The molecule has 0 saturated carbocycles. The summed E-state index contributed by atoms with van der Waals surface area (Å²) in [6.45, 7) is 4.53. The lowest BCUT2D eigenvalue weighted by molar-refractivity contribution is 0.282. The van der Waals surface area contributed by atoms with E-state index in [1.165, 1.54) is 18.5 Å². The molecule has 2 nitrogen and oxygen atoms in total. The Morgan fingerprint density at radius 2 is 2.06 bits per heavy atom. The summed E-state index contributed by atoms with van der Waals surface area (Å²) in [5.74, 6) is 0.837. The molecule has 0 atom stereocenters. The monoisotopic (exact) mass is 239 g/mol. The maximum absolute atomic E-state index is 9.06. The van der Waals surface area contributed by atoms with Gasteiger partial charge in [0.1, 0.15) is 0 Å². The highest BCUT2D eigenvalue weighted by molar-refractivity contribution is 6.31. The van der Waals surface area contributed by atoms with E-state index in [4.69, 9.17) is 16.7 Å². The minimum Gasteiger partial charge on any atom is -0.392 e. The van der Waals surface area contributed by atoms with Gasteiger partial charge in [0.15, 0.2) is 0 Å². The molecule has 1 saturated heterocycles. The Morgan fingerprint density at radius 1 is 1.38 bits per heavy atom. The lowest BCUT2D eigenvalue weighted by Crippen LogP contribution is -2.32. The van der Waals surface area contributed by atoms with Crippen LogP contribution in [-0.2, 0) is 6.61 Å². The van der Waals surface area contributed by atoms with Crippen molar-refractivity contribution < 1.29 is 5.11 Å². The van der Waals surface area contributed by atoms with Gasteiger partial charge in [0.25, 0.3) is 0 Å². The quantitative estimate of drug-likeness (QED) is 0.858. The molecule has 1 aliphatic rings. The number of halogens is 1. The smallest absolute Gasteiger partial charge is 0.0696 e. The second-order valence-corrected chi connectivity index (χ2v) is 5.01. The van der Waals surface area contributed by atoms with Crippen molar-refractivity contribution in [2.24, 2.45) is 5.92 Å². The van der Waals surface area contributed by atoms with Crippen molar-refractivity contribution in [3.8, 4) is 0 Å². The number of hydrogen-bond acceptors (Lipinski definition) is 2. The first-order valence-electron chi connectivity index (χ1n) is 5.85. The van der Waals surface area contributed by atoms with Crippen molar-refractivity contribution in [2.75, 3.05) is 18.0 Å². The van der Waals surface area contributed by atoms with E-state index in [2.05, 4.69) is 11.8 Å². The highest BCUT2D eigenvalue weighted by atomic mass is 35.5. The predicted molar refractivity (Wildman–Crippen MR) is 68.0 cm³/mol. The summed E-state index contributed by atoms with van der Waals surface area (Å²) in [4.78, 5) is 2.37. The Bertz CT molecular complexity index is 359. The molecule has 1 aromatic rings. The van der Waals surface area contributed by atoms with Crippen LogP contribution in [0.25, 0.3) is 0 Å². The fraction of sp³-hybridized carbons (Fsp3) is 0.538. The maximum atomic E-state index is 9.06. The summed E-state index contributed by atoms with van der Waals surface area (Å²) >= 11 is 6.09. The van der Waals surface area contributed by atoms with Gasteiger partial charge in [-0.25, -0.2) is 0 Å². The van der Waals surface area contributed by atoms with Gasteiger partial charge in [-0.3, -0.25) is 0 Å². The van der Waals surface area contributed by atoms with E-state index in [1.807, 2.05) is 18.2 Å². The minimum absolute atomic E-state index is 0.0101. The second kappa shape index (κ2) is 5.07. The van der Waals surface area contributed by atoms with Crippen LogP contribution >= 0.6 is 11.6 Å². The van der Waals surface area contributed by atoms with E-state index < -0.39 is 0 Å². The van der Waals surface area contributed by atoms with E-state index in [1.54, 1.807) is 0 Å². The summed E-state index contributed by atoms with van der Waals surface area (Å²) in [5, 5.41) is 9.72. The average Bonchev–Trinajstić information content (AvgIpc) is 2.30. The third-order valence-corrected chi connectivity index (χ3v) is 3.71. The first kappa shape index (κ1) is 11.7. The van der Waals surface area contributed by atoms with Gasteiger partial charge in [0.2, 0.25) is 0 Å². The molecule has 1 aliphatic heterocycles. The average molecular weight is 240 g/mol. The molecular weight excluding hydrogens is 222 g/mol. The minimum atomic E-state index is 0.0101. The summed E-state index contributed by atoms with van der Waals surface area (Å²) in [5.41, 5.74) is 1.98. The summed E-state index contributed by atoms with van der Waals surface area (Å²) in [6, 6.07) is 5.92. The van der Waals surface area contributed by atoms with Crippen LogP contribution in [0, 0.1) is 5.92 Å². The number of piperidine rings is 1. The highest BCUT2D eigenvalue weighted by Gasteiger charge is 2.16. The summed E-state index contributed by atoms with van der Waals surface area (Å²) in [6.07, 6.45) is 2.50. The van der Waals surface area contributed by atoms with Gasteiger partial charge in [-0.05, 0) is 36.5 Å². The van der Waals surface area contributed by atoms with Crippen LogP contribution in [0.3, 0.4) is 0 Å². The Kier molecular flexibility index (Phi) is 3.72. The van der Waals surface area contributed by atoms with Crippen molar-refractivity contribution in [3.63, 3.8) is 0 Å². The number of rotatable bonds is 2. The maximum Gasteiger partial charge on any atom is 0.0696 e. The van der Waals surface area contributed by atoms with E-state index in [9.17, 15) is 0 Å². The molecule has 3 heteroatoms. The zero-order valence-corrected chi connectivity index (χ0v) is 10.4. The topological polar surface area (TPSA) is 23.5 Å². The second-order valence-electron chi connectivity index (χ2n) is 4.60. The number of benzene rings is 1. The molecule has 2 rings (SSSR count). The van der Waals surface area contributed by atoms with Gasteiger partial charge < -0.3 is 10.0 Å². The van der Waals surface area contributed by atoms with Gasteiger partial charge in [0, 0.05) is 23.8 Å². The Morgan fingerprint density at radius 3 is 2.62 bits per heavy atom. The van der Waals surface area contributed by atoms with Crippen molar-refractivity contribution in [3.05, 3.63) is 28.8 Å². The van der Waals surface area contributed by atoms with E-state index >= 15 is 0 Å². The van der Waals surface area contributed by atoms with Crippen molar-refractivity contribution >= 4 is 17.3 Å². The van der Waals surface area contributed by atoms with Crippen LogP contribution in [0.2, 0.25) is 5.02 Å². The Hall–Kier alpha value is -0.730. The highest BCUT2D eigenvalue weighted by Crippen LogP contribution is 2.27. The molecule has 1 heterocycles. The molecule has 0 unspecified atom stereocenters. The molecule has 16 heavy (non-hydrogen) atoms. The third kappa shape index (κ3) is 2.50. The van der Waals surface area contributed by atoms with Gasteiger partial charge in [-0.15, -0.1) is 0 Å². The van der Waals surface area contributed by atoms with Crippen molar-refractivity contribution in [2.45, 2.75) is 26.4 Å². The van der Waals surface area contributed by atoms with Gasteiger partial charge in [-0.2, -0.15) is 0 Å². The van der Waals surface area contributed by atoms with Crippen molar-refractivity contribution in [1.82, 2.24) is 0 Å². The lowest BCUT2D eigenvalue weighted by atomic mass is 9.99. The molecule has 88 valence electrons. The normalized spacial score (nSPS) is 17.8. The lowest BCUT2D eigenvalue weighted by Gasteiger charge is -2.32. The predicted octanol–water partition coefficient (Wildman–Crippen LogP) is 3.07. The number of nitrogens with zero attached hydrogens (tertiary/aromatic N) is 1. The number of aliphatic hydroxyl groups excluding tert-OH is 1. The standard InChI is InChI=1S/C13H18ClNO/c1-10-4-6-15(7-5-10)12-3-2-11(9-16)13(14)8-12/h2-3,8,10,16H,4-7,9H2,1H3. The van der Waals surface area contributed by atoms with Crippen LogP contribution < -0.4 is 4.90 Å². The number of hydrogen-bond donors (Lipinski definition) is 1. The fourth-order valence-electron chi connectivity index (χ4n) is 2.13. The van der Waals surface area contributed by atoms with Crippen molar-refractivity contribution in [1.29, 1.82) is 0 Å². The third-order valence-electron chi connectivity index (χ3n) is 3.36. The molecule has 0 bridgehead atoms. The van der Waals surface area contributed by atoms with Crippen LogP contribution in [0.5, 0.6) is 0 Å². The molecule has 1 fully saturated rings. The van der Waals surface area contributed by atoms with E-state index in [-0.39, 0.29) is 6.61 Å². The molecule has 0 aliphatic carbocycles. The Balaban J connectivity index is 2.12. The molecule has 0 amide bonds. The Labute approximate surface area is 102 Å². The zero-order chi connectivity index (χ0) is 11.5. The first-order valence-corrected chi connectivity index (χ1v) is 6.22. The van der Waals surface area contributed by atoms with Gasteiger partial charge in [0.05, 0.1) is 6.61 Å². The fourth-order valence-corrected chi connectivity index (χ4v) is 2.36. The molecule has 0 radical (unpaired) electrons.